The summed E-state index contributed by atoms with van der Waals surface area (Å²) in [6, 6.07) is 61.2. The molecule has 4 nitrogen and oxygen atoms in total. The van der Waals surface area contributed by atoms with Crippen molar-refractivity contribution in [2.75, 3.05) is 0 Å². The number of benzene rings is 7. The Balaban J connectivity index is 1.21. The van der Waals surface area contributed by atoms with Crippen molar-refractivity contribution in [3.8, 4) is 50.7 Å². The summed E-state index contributed by atoms with van der Waals surface area (Å²) in [7, 11) is 0. The third kappa shape index (κ3) is 4.54. The van der Waals surface area contributed by atoms with Gasteiger partial charge in [0.25, 0.3) is 0 Å². The number of nitrogens with zero attached hydrogens (tertiary/aromatic N) is 3. The molecule has 10 rings (SSSR count). The minimum absolute atomic E-state index is 0.627. The zero-order chi connectivity index (χ0) is 33.0. The van der Waals surface area contributed by atoms with E-state index in [9.17, 15) is 0 Å². The Labute approximate surface area is 288 Å². The molecular weight excluding hydrogens is 611 g/mol. The average molecular weight is 640 g/mol. The SMILES string of the molecule is c1ccc(-c2ccc3c(c2)c2ccccc2n3-c2cccc3c2oc2c(-c4nc(-c5ccccc5)cc(-c5ccccc5)n4)cccc23)cc1. The van der Waals surface area contributed by atoms with Gasteiger partial charge in [0.1, 0.15) is 5.58 Å². The van der Waals surface area contributed by atoms with Gasteiger partial charge in [0, 0.05) is 32.7 Å². The van der Waals surface area contributed by atoms with Crippen LogP contribution in [0.15, 0.2) is 180 Å². The molecule has 234 valence electrons. The Morgan fingerprint density at radius 2 is 0.940 bits per heavy atom. The molecule has 0 unspecified atom stereocenters. The second-order valence-electron chi connectivity index (χ2n) is 12.6. The zero-order valence-electron chi connectivity index (χ0n) is 27.0. The molecular formula is C46H29N3O. The van der Waals surface area contributed by atoms with E-state index in [1.54, 1.807) is 0 Å². The number of para-hydroxylation sites is 3. The highest BCUT2D eigenvalue weighted by molar-refractivity contribution is 6.14. The highest BCUT2D eigenvalue weighted by Crippen LogP contribution is 2.41. The van der Waals surface area contributed by atoms with E-state index in [-0.39, 0.29) is 0 Å². The van der Waals surface area contributed by atoms with Crippen molar-refractivity contribution in [3.05, 3.63) is 176 Å². The minimum atomic E-state index is 0.627. The van der Waals surface area contributed by atoms with Crippen LogP contribution >= 0.6 is 0 Å². The van der Waals surface area contributed by atoms with Crippen molar-refractivity contribution in [1.29, 1.82) is 0 Å². The van der Waals surface area contributed by atoms with Crippen molar-refractivity contribution in [2.24, 2.45) is 0 Å². The van der Waals surface area contributed by atoms with Crippen LogP contribution in [0, 0.1) is 0 Å². The molecule has 0 fully saturated rings. The summed E-state index contributed by atoms with van der Waals surface area (Å²) in [6.07, 6.45) is 0. The first-order chi connectivity index (χ1) is 24.8. The smallest absolute Gasteiger partial charge is 0.164 e. The normalized spacial score (nSPS) is 11.6. The largest absolute Gasteiger partial charge is 0.453 e. The van der Waals surface area contributed by atoms with Crippen LogP contribution in [0.5, 0.6) is 0 Å². The predicted molar refractivity (Wildman–Crippen MR) is 205 cm³/mol. The molecule has 4 heteroatoms. The predicted octanol–water partition coefficient (Wildman–Crippen LogP) is 12.1. The maximum absolute atomic E-state index is 6.97. The molecule has 7 aromatic carbocycles. The Bertz CT molecular complexity index is 2800. The van der Waals surface area contributed by atoms with Gasteiger partial charge in [0.15, 0.2) is 11.4 Å². The summed E-state index contributed by atoms with van der Waals surface area (Å²) in [5.74, 6) is 0.627. The van der Waals surface area contributed by atoms with Gasteiger partial charge in [0.05, 0.1) is 33.7 Å². The van der Waals surface area contributed by atoms with Crippen LogP contribution in [0.25, 0.3) is 94.5 Å². The van der Waals surface area contributed by atoms with Gasteiger partial charge in [-0.05, 0) is 47.5 Å². The maximum Gasteiger partial charge on any atom is 0.164 e. The first kappa shape index (κ1) is 28.3. The van der Waals surface area contributed by atoms with E-state index < -0.39 is 0 Å². The van der Waals surface area contributed by atoms with Crippen LogP contribution in [-0.4, -0.2) is 14.5 Å². The monoisotopic (exact) mass is 639 g/mol. The van der Waals surface area contributed by atoms with Gasteiger partial charge < -0.3 is 8.98 Å². The molecule has 0 saturated heterocycles. The molecule has 0 radical (unpaired) electrons. The molecule has 0 amide bonds. The molecule has 0 spiro atoms. The van der Waals surface area contributed by atoms with Gasteiger partial charge >= 0.3 is 0 Å². The first-order valence-electron chi connectivity index (χ1n) is 16.8. The molecule has 0 atom stereocenters. The lowest BCUT2D eigenvalue weighted by Crippen LogP contribution is -1.96. The van der Waals surface area contributed by atoms with Crippen molar-refractivity contribution in [2.45, 2.75) is 0 Å². The van der Waals surface area contributed by atoms with Crippen LogP contribution in [0.4, 0.5) is 0 Å². The van der Waals surface area contributed by atoms with Gasteiger partial charge in [-0.15, -0.1) is 0 Å². The summed E-state index contributed by atoms with van der Waals surface area (Å²) in [5, 5.41) is 4.49. The lowest BCUT2D eigenvalue weighted by atomic mass is 10.0. The fraction of sp³-hybridized carbons (Fsp3) is 0. The molecule has 0 aliphatic rings. The van der Waals surface area contributed by atoms with E-state index in [0.717, 1.165) is 66.7 Å². The lowest BCUT2D eigenvalue weighted by Gasteiger charge is -2.10. The Kier molecular flexibility index (Phi) is 6.46. The van der Waals surface area contributed by atoms with E-state index in [2.05, 4.69) is 144 Å². The van der Waals surface area contributed by atoms with Gasteiger partial charge in [-0.3, -0.25) is 0 Å². The zero-order valence-corrected chi connectivity index (χ0v) is 27.0. The van der Waals surface area contributed by atoms with E-state index >= 15 is 0 Å². The third-order valence-electron chi connectivity index (χ3n) is 9.63. The quantitative estimate of drug-likeness (QED) is 0.188. The second kappa shape index (κ2) is 11.4. The maximum atomic E-state index is 6.97. The van der Waals surface area contributed by atoms with Crippen molar-refractivity contribution >= 4 is 43.7 Å². The van der Waals surface area contributed by atoms with E-state index in [0.29, 0.717) is 5.82 Å². The van der Waals surface area contributed by atoms with Crippen molar-refractivity contribution in [3.63, 3.8) is 0 Å². The molecule has 3 aromatic heterocycles. The number of rotatable bonds is 5. The number of hydrogen-bond acceptors (Lipinski definition) is 3. The van der Waals surface area contributed by atoms with Crippen molar-refractivity contribution in [1.82, 2.24) is 14.5 Å². The highest BCUT2D eigenvalue weighted by Gasteiger charge is 2.21. The summed E-state index contributed by atoms with van der Waals surface area (Å²) in [6.45, 7) is 0. The molecule has 0 aliphatic heterocycles. The number of fused-ring (bicyclic) bond motifs is 6. The van der Waals surface area contributed by atoms with Crippen LogP contribution in [0.1, 0.15) is 0 Å². The summed E-state index contributed by atoms with van der Waals surface area (Å²) >= 11 is 0. The fourth-order valence-corrected chi connectivity index (χ4v) is 7.28. The molecule has 3 heterocycles. The molecule has 10 aromatic rings. The van der Waals surface area contributed by atoms with E-state index in [1.807, 2.05) is 36.4 Å². The van der Waals surface area contributed by atoms with Crippen LogP contribution in [0.3, 0.4) is 0 Å². The van der Waals surface area contributed by atoms with E-state index in [1.165, 1.54) is 21.9 Å². The van der Waals surface area contributed by atoms with Gasteiger partial charge in [-0.1, -0.05) is 140 Å². The van der Waals surface area contributed by atoms with Gasteiger partial charge in [-0.2, -0.15) is 0 Å². The van der Waals surface area contributed by atoms with Crippen LogP contribution in [-0.2, 0) is 0 Å². The molecule has 0 saturated carbocycles. The molecule has 50 heavy (non-hydrogen) atoms. The number of furan rings is 1. The standard InChI is InChI=1S/C46H29N3O/c1-4-14-30(15-5-1)33-26-27-42-38(28-33)34-20-10-11-24-41(34)49(42)43-25-13-22-36-35-21-12-23-37(44(35)50-45(36)43)46-47-39(31-16-6-2-7-17-31)29-40(48-46)32-18-8-3-9-19-32/h1-29H. The first-order valence-corrected chi connectivity index (χ1v) is 16.8. The average Bonchev–Trinajstić information content (AvgIpc) is 3.74. The topological polar surface area (TPSA) is 43.9 Å². The number of hydrogen-bond donors (Lipinski definition) is 0. The summed E-state index contributed by atoms with van der Waals surface area (Å²) in [5.41, 5.74) is 11.9. The lowest BCUT2D eigenvalue weighted by molar-refractivity contribution is 0.667. The second-order valence-corrected chi connectivity index (χ2v) is 12.6. The van der Waals surface area contributed by atoms with Gasteiger partial charge in [0.2, 0.25) is 0 Å². The molecule has 0 N–H and O–H groups in total. The summed E-state index contributed by atoms with van der Waals surface area (Å²) in [4.78, 5) is 10.3. The van der Waals surface area contributed by atoms with Crippen LogP contribution in [0.2, 0.25) is 0 Å². The Morgan fingerprint density at radius 3 is 1.64 bits per heavy atom. The Hall–Kier alpha value is -6.78. The van der Waals surface area contributed by atoms with Gasteiger partial charge in [-0.25, -0.2) is 9.97 Å². The minimum Gasteiger partial charge on any atom is -0.453 e. The molecule has 0 aliphatic carbocycles. The Morgan fingerprint density at radius 1 is 0.380 bits per heavy atom. The van der Waals surface area contributed by atoms with Crippen molar-refractivity contribution < 1.29 is 4.42 Å². The molecule has 0 bridgehead atoms. The van der Waals surface area contributed by atoms with E-state index in [4.69, 9.17) is 14.4 Å². The highest BCUT2D eigenvalue weighted by atomic mass is 16.3. The van der Waals surface area contributed by atoms with Crippen LogP contribution < -0.4 is 0 Å². The third-order valence-corrected chi connectivity index (χ3v) is 9.63. The fourth-order valence-electron chi connectivity index (χ4n) is 7.28. The number of aromatic nitrogens is 3. The summed E-state index contributed by atoms with van der Waals surface area (Å²) < 4.78 is 9.31.